The van der Waals surface area contributed by atoms with Crippen molar-refractivity contribution in [2.75, 3.05) is 11.9 Å². The van der Waals surface area contributed by atoms with E-state index < -0.39 is 11.8 Å². The lowest BCUT2D eigenvalue weighted by Crippen LogP contribution is -2.16. The molecule has 0 radical (unpaired) electrons. The van der Waals surface area contributed by atoms with Gasteiger partial charge in [-0.3, -0.25) is 9.59 Å². The van der Waals surface area contributed by atoms with Gasteiger partial charge in [0.25, 0.3) is 11.8 Å². The fraction of sp³-hybridized carbons (Fsp3) is 0.158. The van der Waals surface area contributed by atoms with Crippen LogP contribution in [0.15, 0.2) is 42.5 Å². The Balaban J connectivity index is 1.83. The molecule has 0 fully saturated rings. The standard InChI is InChI=1S/C19H18FN3O3/c1-2-7-26-17-6-4-13(10-14(17)18(21)24)22-19(25)16-9-11-8-12(20)3-5-15(11)23-16/h3-6,8-10,23H,2,7H2,1H3,(H2,21,24)(H,22,25). The molecule has 1 aromatic heterocycles. The van der Waals surface area contributed by atoms with Gasteiger partial charge in [-0.05, 0) is 48.9 Å². The highest BCUT2D eigenvalue weighted by atomic mass is 19.1. The van der Waals surface area contributed by atoms with Crippen LogP contribution in [0.5, 0.6) is 5.75 Å². The van der Waals surface area contributed by atoms with E-state index in [-0.39, 0.29) is 17.1 Å². The number of nitrogens with two attached hydrogens (primary N) is 1. The molecule has 2 amide bonds. The molecule has 3 aromatic rings. The molecule has 26 heavy (non-hydrogen) atoms. The average molecular weight is 355 g/mol. The van der Waals surface area contributed by atoms with E-state index in [1.165, 1.54) is 18.2 Å². The Kier molecular flexibility index (Phi) is 4.88. The van der Waals surface area contributed by atoms with Crippen molar-refractivity contribution in [3.63, 3.8) is 0 Å². The molecule has 2 aromatic carbocycles. The predicted octanol–water partition coefficient (Wildman–Crippen LogP) is 3.45. The summed E-state index contributed by atoms with van der Waals surface area (Å²) in [5.41, 5.74) is 6.91. The summed E-state index contributed by atoms with van der Waals surface area (Å²) in [5.74, 6) is -1.07. The summed E-state index contributed by atoms with van der Waals surface area (Å²) in [6.45, 7) is 2.41. The number of aromatic nitrogens is 1. The number of fused-ring (bicyclic) bond motifs is 1. The lowest BCUT2D eigenvalue weighted by atomic mass is 10.1. The largest absolute Gasteiger partial charge is 0.493 e. The van der Waals surface area contributed by atoms with Crippen LogP contribution in [0, 0.1) is 5.82 Å². The van der Waals surface area contributed by atoms with E-state index in [9.17, 15) is 14.0 Å². The molecule has 0 aliphatic rings. The first kappa shape index (κ1) is 17.5. The van der Waals surface area contributed by atoms with Crippen LogP contribution in [0.25, 0.3) is 10.9 Å². The van der Waals surface area contributed by atoms with Crippen LogP contribution >= 0.6 is 0 Å². The minimum absolute atomic E-state index is 0.190. The van der Waals surface area contributed by atoms with Crippen molar-refractivity contribution >= 4 is 28.4 Å². The van der Waals surface area contributed by atoms with Gasteiger partial charge < -0.3 is 20.8 Å². The molecule has 0 atom stereocenters. The van der Waals surface area contributed by atoms with E-state index in [0.717, 1.165) is 6.42 Å². The van der Waals surface area contributed by atoms with Crippen molar-refractivity contribution in [3.05, 3.63) is 59.5 Å². The second-order valence-corrected chi connectivity index (χ2v) is 5.79. The summed E-state index contributed by atoms with van der Waals surface area (Å²) < 4.78 is 18.8. The van der Waals surface area contributed by atoms with Crippen molar-refractivity contribution < 1.29 is 18.7 Å². The molecule has 0 saturated carbocycles. The van der Waals surface area contributed by atoms with Gasteiger partial charge in [0.1, 0.15) is 17.3 Å². The number of aromatic amines is 1. The van der Waals surface area contributed by atoms with Gasteiger partial charge in [0.05, 0.1) is 12.2 Å². The molecule has 0 unspecified atom stereocenters. The first-order chi connectivity index (χ1) is 12.5. The molecule has 0 bridgehead atoms. The highest BCUT2D eigenvalue weighted by Crippen LogP contribution is 2.24. The Morgan fingerprint density at radius 3 is 2.73 bits per heavy atom. The van der Waals surface area contributed by atoms with Crippen LogP contribution in [0.1, 0.15) is 34.2 Å². The molecule has 6 nitrogen and oxygen atoms in total. The molecule has 134 valence electrons. The fourth-order valence-electron chi connectivity index (χ4n) is 2.56. The molecular weight excluding hydrogens is 337 g/mol. The van der Waals surface area contributed by atoms with Crippen LogP contribution in [0.4, 0.5) is 10.1 Å². The zero-order valence-corrected chi connectivity index (χ0v) is 14.1. The highest BCUT2D eigenvalue weighted by molar-refractivity contribution is 6.06. The number of benzene rings is 2. The topological polar surface area (TPSA) is 97.2 Å². The first-order valence-electron chi connectivity index (χ1n) is 8.14. The van der Waals surface area contributed by atoms with Gasteiger partial charge in [0.15, 0.2) is 0 Å². The third kappa shape index (κ3) is 3.66. The molecule has 0 aliphatic carbocycles. The Bertz CT molecular complexity index is 981. The van der Waals surface area contributed by atoms with E-state index in [1.54, 1.807) is 24.3 Å². The van der Waals surface area contributed by atoms with Crippen molar-refractivity contribution in [1.82, 2.24) is 4.98 Å². The van der Waals surface area contributed by atoms with Crippen LogP contribution < -0.4 is 15.8 Å². The van der Waals surface area contributed by atoms with E-state index in [0.29, 0.717) is 28.9 Å². The Labute approximate surface area is 149 Å². The van der Waals surface area contributed by atoms with Gasteiger partial charge in [0, 0.05) is 16.6 Å². The molecule has 1 heterocycles. The van der Waals surface area contributed by atoms with Gasteiger partial charge in [-0.15, -0.1) is 0 Å². The van der Waals surface area contributed by atoms with Crippen molar-refractivity contribution in [2.45, 2.75) is 13.3 Å². The summed E-state index contributed by atoms with van der Waals surface area (Å²) >= 11 is 0. The van der Waals surface area contributed by atoms with E-state index in [2.05, 4.69) is 10.3 Å². The number of primary amides is 1. The normalized spacial score (nSPS) is 10.7. The fourth-order valence-corrected chi connectivity index (χ4v) is 2.56. The molecule has 0 spiro atoms. The summed E-state index contributed by atoms with van der Waals surface area (Å²) in [5, 5.41) is 3.28. The zero-order valence-electron chi connectivity index (χ0n) is 14.1. The van der Waals surface area contributed by atoms with Crippen LogP contribution in [-0.4, -0.2) is 23.4 Å². The van der Waals surface area contributed by atoms with E-state index in [4.69, 9.17) is 10.5 Å². The second-order valence-electron chi connectivity index (χ2n) is 5.79. The van der Waals surface area contributed by atoms with Crippen LogP contribution in [0.2, 0.25) is 0 Å². The summed E-state index contributed by atoms with van der Waals surface area (Å²) in [4.78, 5) is 27.0. The van der Waals surface area contributed by atoms with Crippen LogP contribution in [0.3, 0.4) is 0 Å². The van der Waals surface area contributed by atoms with E-state index >= 15 is 0 Å². The number of carbonyl (C=O) groups is 2. The maximum Gasteiger partial charge on any atom is 0.272 e. The minimum Gasteiger partial charge on any atom is -0.493 e. The number of halogens is 1. The molecule has 7 heteroatoms. The number of amides is 2. The highest BCUT2D eigenvalue weighted by Gasteiger charge is 2.14. The number of rotatable bonds is 6. The van der Waals surface area contributed by atoms with Gasteiger partial charge in [-0.1, -0.05) is 6.92 Å². The number of ether oxygens (including phenoxy) is 1. The zero-order chi connectivity index (χ0) is 18.7. The Hall–Kier alpha value is -3.35. The first-order valence-corrected chi connectivity index (χ1v) is 8.14. The van der Waals surface area contributed by atoms with Gasteiger partial charge in [-0.2, -0.15) is 0 Å². The summed E-state index contributed by atoms with van der Waals surface area (Å²) in [6.07, 6.45) is 0.789. The van der Waals surface area contributed by atoms with Crippen molar-refractivity contribution in [1.29, 1.82) is 0 Å². The summed E-state index contributed by atoms with van der Waals surface area (Å²) in [6, 6.07) is 10.5. The number of hydrogen-bond donors (Lipinski definition) is 3. The van der Waals surface area contributed by atoms with Crippen molar-refractivity contribution in [3.8, 4) is 5.75 Å². The van der Waals surface area contributed by atoms with E-state index in [1.807, 2.05) is 6.92 Å². The third-order valence-corrected chi connectivity index (χ3v) is 3.79. The lowest BCUT2D eigenvalue weighted by Gasteiger charge is -2.11. The minimum atomic E-state index is -0.645. The number of anilines is 1. The average Bonchev–Trinajstić information content (AvgIpc) is 3.03. The number of nitrogens with one attached hydrogen (secondary N) is 2. The molecule has 4 N–H and O–H groups in total. The Morgan fingerprint density at radius 2 is 2.00 bits per heavy atom. The van der Waals surface area contributed by atoms with Gasteiger partial charge >= 0.3 is 0 Å². The van der Waals surface area contributed by atoms with Gasteiger partial charge in [-0.25, -0.2) is 4.39 Å². The number of hydrogen-bond acceptors (Lipinski definition) is 3. The second kappa shape index (κ2) is 7.26. The third-order valence-electron chi connectivity index (χ3n) is 3.79. The maximum atomic E-state index is 13.3. The predicted molar refractivity (Wildman–Crippen MR) is 97.0 cm³/mol. The SMILES string of the molecule is CCCOc1ccc(NC(=O)c2cc3cc(F)ccc3[nH]2)cc1C(N)=O. The number of H-pyrrole nitrogens is 1. The van der Waals surface area contributed by atoms with Crippen molar-refractivity contribution in [2.24, 2.45) is 5.73 Å². The molecular formula is C19H18FN3O3. The molecule has 0 aliphatic heterocycles. The summed E-state index contributed by atoms with van der Waals surface area (Å²) in [7, 11) is 0. The Morgan fingerprint density at radius 1 is 1.19 bits per heavy atom. The molecule has 3 rings (SSSR count). The lowest BCUT2D eigenvalue weighted by molar-refractivity contribution is 0.0992. The molecule has 0 saturated heterocycles. The number of carbonyl (C=O) groups excluding carboxylic acids is 2. The quantitative estimate of drug-likeness (QED) is 0.632. The monoisotopic (exact) mass is 355 g/mol. The smallest absolute Gasteiger partial charge is 0.272 e. The maximum absolute atomic E-state index is 13.3. The van der Waals surface area contributed by atoms with Crippen LogP contribution in [-0.2, 0) is 0 Å². The van der Waals surface area contributed by atoms with Gasteiger partial charge in [0.2, 0.25) is 0 Å².